The average Bonchev–Trinajstić information content (AvgIpc) is 3.25. The molecule has 1 atom stereocenters. The van der Waals surface area contributed by atoms with E-state index in [1.165, 1.54) is 0 Å². The summed E-state index contributed by atoms with van der Waals surface area (Å²) in [7, 11) is 0. The SMILES string of the molecule is CCOC(=O)c1c(C)[nH]c(C(=O)[C@H](C#N)C(=O)c2ccc3cc[nH]c3c2)c1C. The molecule has 0 unspecified atom stereocenters. The molecule has 0 spiro atoms. The smallest absolute Gasteiger partial charge is 0.340 e. The van der Waals surface area contributed by atoms with Crippen LogP contribution in [0.25, 0.3) is 10.9 Å². The summed E-state index contributed by atoms with van der Waals surface area (Å²) in [6.45, 7) is 5.12. The Labute approximate surface area is 161 Å². The number of nitrogens with one attached hydrogen (secondary N) is 2. The lowest BCUT2D eigenvalue weighted by Crippen LogP contribution is -2.24. The molecule has 1 aromatic carbocycles. The molecule has 2 aromatic heterocycles. The first-order valence-electron chi connectivity index (χ1n) is 8.80. The monoisotopic (exact) mass is 377 g/mol. The van der Waals surface area contributed by atoms with E-state index < -0.39 is 23.5 Å². The van der Waals surface area contributed by atoms with Crippen LogP contribution in [0.1, 0.15) is 49.4 Å². The lowest BCUT2D eigenvalue weighted by atomic mass is 9.91. The average molecular weight is 377 g/mol. The number of ketones is 2. The summed E-state index contributed by atoms with van der Waals surface area (Å²) in [5, 5.41) is 10.4. The number of esters is 1. The van der Waals surface area contributed by atoms with Gasteiger partial charge in [0.05, 0.1) is 23.9 Å². The Morgan fingerprint density at radius 1 is 1.18 bits per heavy atom. The van der Waals surface area contributed by atoms with Crippen LogP contribution in [0, 0.1) is 31.1 Å². The minimum absolute atomic E-state index is 0.0707. The molecule has 0 saturated carbocycles. The van der Waals surface area contributed by atoms with Crippen molar-refractivity contribution >= 4 is 28.4 Å². The predicted octanol–water partition coefficient (Wildman–Crippen LogP) is 3.49. The minimum atomic E-state index is -1.51. The number of nitriles is 1. The van der Waals surface area contributed by atoms with Crippen molar-refractivity contribution < 1.29 is 19.1 Å². The minimum Gasteiger partial charge on any atom is -0.462 e. The van der Waals surface area contributed by atoms with E-state index in [-0.39, 0.29) is 23.4 Å². The molecule has 0 saturated heterocycles. The quantitative estimate of drug-likeness (QED) is 0.387. The van der Waals surface area contributed by atoms with Gasteiger partial charge in [-0.25, -0.2) is 4.79 Å². The second kappa shape index (κ2) is 7.53. The molecule has 7 heteroatoms. The Hall–Kier alpha value is -3.66. The summed E-state index contributed by atoms with van der Waals surface area (Å²) in [5.74, 6) is -3.33. The van der Waals surface area contributed by atoms with Crippen molar-refractivity contribution in [3.8, 4) is 6.07 Å². The van der Waals surface area contributed by atoms with Gasteiger partial charge in [-0.15, -0.1) is 0 Å². The second-order valence-corrected chi connectivity index (χ2v) is 6.42. The first-order chi connectivity index (χ1) is 13.4. The van der Waals surface area contributed by atoms with Crippen molar-refractivity contribution in [1.29, 1.82) is 5.26 Å². The number of hydrogen-bond acceptors (Lipinski definition) is 5. The second-order valence-electron chi connectivity index (χ2n) is 6.42. The van der Waals surface area contributed by atoms with E-state index in [1.54, 1.807) is 51.2 Å². The van der Waals surface area contributed by atoms with E-state index in [2.05, 4.69) is 9.97 Å². The van der Waals surface area contributed by atoms with Crippen LogP contribution in [0.5, 0.6) is 0 Å². The number of carbonyl (C=O) groups is 3. The molecule has 0 aliphatic heterocycles. The van der Waals surface area contributed by atoms with Gasteiger partial charge >= 0.3 is 5.97 Å². The van der Waals surface area contributed by atoms with E-state index >= 15 is 0 Å². The first kappa shape index (κ1) is 19.1. The highest BCUT2D eigenvalue weighted by molar-refractivity contribution is 6.19. The van der Waals surface area contributed by atoms with Crippen LogP contribution in [0.15, 0.2) is 30.5 Å². The van der Waals surface area contributed by atoms with Gasteiger partial charge in [0.1, 0.15) is 0 Å². The van der Waals surface area contributed by atoms with E-state index in [4.69, 9.17) is 4.74 Å². The Kier molecular flexibility index (Phi) is 5.14. The zero-order chi connectivity index (χ0) is 20.4. The molecule has 0 aliphatic carbocycles. The Bertz CT molecular complexity index is 1130. The molecule has 0 radical (unpaired) electrons. The number of Topliss-reactive ketones (excluding diaryl/α,β-unsaturated/α-hetero) is 2. The van der Waals surface area contributed by atoms with Gasteiger partial charge in [-0.05, 0) is 43.9 Å². The molecule has 0 bridgehead atoms. The summed E-state index contributed by atoms with van der Waals surface area (Å²) in [6, 6.07) is 8.62. The molecule has 2 N–H and O–H groups in total. The Balaban J connectivity index is 1.95. The number of hydrogen-bond donors (Lipinski definition) is 2. The number of aromatic amines is 2. The van der Waals surface area contributed by atoms with E-state index in [0.717, 1.165) is 10.9 Å². The molecule has 142 valence electrons. The van der Waals surface area contributed by atoms with Gasteiger partial charge in [0.15, 0.2) is 11.7 Å². The molecular weight excluding hydrogens is 358 g/mol. The van der Waals surface area contributed by atoms with Gasteiger partial charge in [0.25, 0.3) is 0 Å². The van der Waals surface area contributed by atoms with Gasteiger partial charge in [0.2, 0.25) is 5.78 Å². The molecular formula is C21H19N3O4. The van der Waals surface area contributed by atoms with Crippen LogP contribution >= 0.6 is 0 Å². The highest BCUT2D eigenvalue weighted by Gasteiger charge is 2.32. The number of H-pyrrole nitrogens is 2. The molecule has 3 aromatic rings. The van der Waals surface area contributed by atoms with Crippen LogP contribution in [0.2, 0.25) is 0 Å². The number of nitrogens with zero attached hydrogens (tertiary/aromatic N) is 1. The number of aromatic nitrogens is 2. The normalized spacial score (nSPS) is 11.8. The Morgan fingerprint density at radius 2 is 1.93 bits per heavy atom. The van der Waals surface area contributed by atoms with E-state index in [1.807, 2.05) is 6.07 Å². The van der Waals surface area contributed by atoms with Crippen molar-refractivity contribution in [2.24, 2.45) is 5.92 Å². The van der Waals surface area contributed by atoms with Gasteiger partial charge in [-0.1, -0.05) is 12.1 Å². The highest BCUT2D eigenvalue weighted by Crippen LogP contribution is 2.24. The molecule has 28 heavy (non-hydrogen) atoms. The van der Waals surface area contributed by atoms with Crippen LogP contribution in [-0.2, 0) is 4.74 Å². The number of aryl methyl sites for hydroxylation is 1. The van der Waals surface area contributed by atoms with Gasteiger partial charge in [-0.3, -0.25) is 9.59 Å². The van der Waals surface area contributed by atoms with Crippen molar-refractivity contribution in [2.75, 3.05) is 6.61 Å². The fourth-order valence-electron chi connectivity index (χ4n) is 3.25. The van der Waals surface area contributed by atoms with Crippen LogP contribution < -0.4 is 0 Å². The lowest BCUT2D eigenvalue weighted by Gasteiger charge is -2.08. The zero-order valence-corrected chi connectivity index (χ0v) is 15.8. The molecule has 0 fully saturated rings. The standard InChI is InChI=1S/C21H19N3O4/c1-4-28-21(27)17-11(2)18(24-12(17)3)20(26)15(10-22)19(25)14-6-5-13-7-8-23-16(13)9-14/h5-9,15,23-24H,4H2,1-3H3/t15-/m1/s1. The van der Waals surface area contributed by atoms with Crippen molar-refractivity contribution in [1.82, 2.24) is 9.97 Å². The molecule has 2 heterocycles. The van der Waals surface area contributed by atoms with Gasteiger partial charge < -0.3 is 14.7 Å². The third-order valence-corrected chi connectivity index (χ3v) is 4.66. The number of carbonyl (C=O) groups excluding carboxylic acids is 3. The summed E-state index contributed by atoms with van der Waals surface area (Å²) in [6.07, 6.45) is 1.74. The molecule has 0 amide bonds. The van der Waals surface area contributed by atoms with Crippen LogP contribution in [0.3, 0.4) is 0 Å². The van der Waals surface area contributed by atoms with Gasteiger partial charge in [0, 0.05) is 23.0 Å². The maximum Gasteiger partial charge on any atom is 0.340 e. The summed E-state index contributed by atoms with van der Waals surface area (Å²) >= 11 is 0. The first-order valence-corrected chi connectivity index (χ1v) is 8.80. The molecule has 3 rings (SSSR count). The van der Waals surface area contributed by atoms with Gasteiger partial charge in [-0.2, -0.15) is 5.26 Å². The third kappa shape index (κ3) is 3.21. The predicted molar refractivity (Wildman–Crippen MR) is 102 cm³/mol. The largest absolute Gasteiger partial charge is 0.462 e. The third-order valence-electron chi connectivity index (χ3n) is 4.66. The summed E-state index contributed by atoms with van der Waals surface area (Å²) in [5.41, 5.74) is 2.15. The Morgan fingerprint density at radius 3 is 2.61 bits per heavy atom. The van der Waals surface area contributed by atoms with Crippen molar-refractivity contribution in [3.63, 3.8) is 0 Å². The van der Waals surface area contributed by atoms with E-state index in [9.17, 15) is 19.6 Å². The highest BCUT2D eigenvalue weighted by atomic mass is 16.5. The lowest BCUT2D eigenvalue weighted by molar-refractivity contribution is 0.0524. The number of benzene rings is 1. The molecule has 0 aliphatic rings. The fourth-order valence-corrected chi connectivity index (χ4v) is 3.25. The van der Waals surface area contributed by atoms with E-state index in [0.29, 0.717) is 11.3 Å². The zero-order valence-electron chi connectivity index (χ0n) is 15.8. The molecule has 7 nitrogen and oxygen atoms in total. The topological polar surface area (TPSA) is 116 Å². The van der Waals surface area contributed by atoms with Crippen molar-refractivity contribution in [3.05, 3.63) is 58.5 Å². The summed E-state index contributed by atoms with van der Waals surface area (Å²) < 4.78 is 5.01. The number of ether oxygens (including phenoxy) is 1. The van der Waals surface area contributed by atoms with Crippen molar-refractivity contribution in [2.45, 2.75) is 20.8 Å². The van der Waals surface area contributed by atoms with Crippen LogP contribution in [-0.4, -0.2) is 34.1 Å². The summed E-state index contributed by atoms with van der Waals surface area (Å²) in [4.78, 5) is 43.7. The van der Waals surface area contributed by atoms with Crippen LogP contribution in [0.4, 0.5) is 0 Å². The number of fused-ring (bicyclic) bond motifs is 1. The maximum atomic E-state index is 12.9. The maximum absolute atomic E-state index is 12.9. The number of rotatable bonds is 6. The fraction of sp³-hybridized carbons (Fsp3) is 0.238.